The Hall–Kier alpha value is -4.80. The summed E-state index contributed by atoms with van der Waals surface area (Å²) in [6, 6.07) is 36.1. The van der Waals surface area contributed by atoms with Crippen LogP contribution in [-0.2, 0) is 22.6 Å². The summed E-state index contributed by atoms with van der Waals surface area (Å²) in [5.41, 5.74) is 6.35. The van der Waals surface area contributed by atoms with Crippen LogP contribution in [0.3, 0.4) is 0 Å². The number of nitrogens with zero attached hydrogens (tertiary/aromatic N) is 1. The van der Waals surface area contributed by atoms with E-state index in [0.29, 0.717) is 29.3 Å². The van der Waals surface area contributed by atoms with Crippen LogP contribution in [-0.4, -0.2) is 38.9 Å². The van der Waals surface area contributed by atoms with E-state index in [1.807, 2.05) is 78.9 Å². The number of hydrogen-bond acceptors (Lipinski definition) is 7. The number of nitrogens with one attached hydrogen (secondary N) is 1. The fourth-order valence-corrected chi connectivity index (χ4v) is 6.47. The number of rotatable bonds is 11. The number of aliphatic hydroxyl groups is 1. The Morgan fingerprint density at radius 1 is 0.809 bits per heavy atom. The number of benzene rings is 4. The molecule has 1 amide bonds. The van der Waals surface area contributed by atoms with Gasteiger partial charge in [-0.15, -0.1) is 11.8 Å². The predicted octanol–water partition coefficient (Wildman–Crippen LogP) is 7.21. The van der Waals surface area contributed by atoms with E-state index in [2.05, 4.69) is 22.4 Å². The molecule has 0 spiro atoms. The minimum absolute atomic E-state index is 0.0415. The zero-order valence-corrected chi connectivity index (χ0v) is 26.3. The SMILES string of the molecule is O=C(NCc1cccc(-c2cccc([C@@H]3O[C@H](CSc4ncccc4C(=O)O)C[C@H](c4ccc(CO)cc4)O3)c2)c1)c1ccccc1. The number of ether oxygens (including phenoxy) is 2. The summed E-state index contributed by atoms with van der Waals surface area (Å²) in [6.07, 6.45) is 0.937. The van der Waals surface area contributed by atoms with Gasteiger partial charge in [-0.3, -0.25) is 4.79 Å². The molecule has 3 N–H and O–H groups in total. The molecule has 2 heterocycles. The topological polar surface area (TPSA) is 118 Å². The number of carbonyl (C=O) groups excluding carboxylic acids is 1. The van der Waals surface area contributed by atoms with Crippen molar-refractivity contribution in [3.05, 3.63) is 155 Å². The maximum Gasteiger partial charge on any atom is 0.338 e. The summed E-state index contributed by atoms with van der Waals surface area (Å²) in [5.74, 6) is -0.661. The molecule has 47 heavy (non-hydrogen) atoms. The lowest BCUT2D eigenvalue weighted by Gasteiger charge is -2.36. The van der Waals surface area contributed by atoms with E-state index >= 15 is 0 Å². The maximum atomic E-state index is 12.6. The number of carbonyl (C=O) groups is 2. The number of aliphatic hydroxyl groups excluding tert-OH is 1. The third-order valence-corrected chi connectivity index (χ3v) is 9.07. The molecule has 0 bridgehead atoms. The first kappa shape index (κ1) is 32.2. The van der Waals surface area contributed by atoms with Crippen molar-refractivity contribution in [3.8, 4) is 11.1 Å². The van der Waals surface area contributed by atoms with Crippen LogP contribution in [0.15, 0.2) is 126 Å². The van der Waals surface area contributed by atoms with Gasteiger partial charge < -0.3 is 25.0 Å². The lowest BCUT2D eigenvalue weighted by molar-refractivity contribution is -0.245. The molecule has 238 valence electrons. The van der Waals surface area contributed by atoms with Crippen molar-refractivity contribution in [3.63, 3.8) is 0 Å². The van der Waals surface area contributed by atoms with Crippen LogP contribution in [0.2, 0.25) is 0 Å². The van der Waals surface area contributed by atoms with Crippen LogP contribution in [0.4, 0.5) is 0 Å². The molecule has 0 aliphatic carbocycles. The van der Waals surface area contributed by atoms with Crippen molar-refractivity contribution in [1.82, 2.24) is 10.3 Å². The average Bonchev–Trinajstić information content (AvgIpc) is 3.13. The molecular weight excluding hydrogens is 612 g/mol. The molecule has 1 fully saturated rings. The van der Waals surface area contributed by atoms with Crippen LogP contribution in [0.5, 0.6) is 0 Å². The summed E-state index contributed by atoms with van der Waals surface area (Å²) < 4.78 is 13.1. The predicted molar refractivity (Wildman–Crippen MR) is 180 cm³/mol. The Balaban J connectivity index is 1.21. The smallest absolute Gasteiger partial charge is 0.338 e. The minimum Gasteiger partial charge on any atom is -0.478 e. The fourth-order valence-electron chi connectivity index (χ4n) is 5.46. The largest absolute Gasteiger partial charge is 0.478 e. The summed E-state index contributed by atoms with van der Waals surface area (Å²) in [4.78, 5) is 28.6. The number of aromatic carboxylic acids is 1. The van der Waals surface area contributed by atoms with Crippen molar-refractivity contribution >= 4 is 23.6 Å². The highest BCUT2D eigenvalue weighted by molar-refractivity contribution is 7.99. The van der Waals surface area contributed by atoms with Gasteiger partial charge in [0.2, 0.25) is 0 Å². The maximum absolute atomic E-state index is 12.6. The summed E-state index contributed by atoms with van der Waals surface area (Å²) in [7, 11) is 0. The molecule has 0 unspecified atom stereocenters. The highest BCUT2D eigenvalue weighted by atomic mass is 32.2. The first-order valence-electron chi connectivity index (χ1n) is 15.3. The van der Waals surface area contributed by atoms with E-state index in [0.717, 1.165) is 33.4 Å². The van der Waals surface area contributed by atoms with Gasteiger partial charge in [-0.05, 0) is 64.2 Å². The molecule has 5 aromatic rings. The van der Waals surface area contributed by atoms with Gasteiger partial charge in [-0.2, -0.15) is 0 Å². The second kappa shape index (κ2) is 15.2. The molecule has 1 aromatic heterocycles. The number of amides is 1. The molecule has 3 atom stereocenters. The van der Waals surface area contributed by atoms with Crippen LogP contribution in [0, 0.1) is 0 Å². The van der Waals surface area contributed by atoms with Gasteiger partial charge in [0.05, 0.1) is 24.4 Å². The zero-order chi connectivity index (χ0) is 32.6. The molecule has 8 nitrogen and oxygen atoms in total. The van der Waals surface area contributed by atoms with E-state index in [9.17, 15) is 19.8 Å². The summed E-state index contributed by atoms with van der Waals surface area (Å²) in [5, 5.41) is 22.6. The van der Waals surface area contributed by atoms with Gasteiger partial charge in [-0.25, -0.2) is 9.78 Å². The Labute approximate surface area is 277 Å². The Kier molecular flexibility index (Phi) is 10.4. The van der Waals surface area contributed by atoms with Crippen LogP contribution in [0.1, 0.15) is 61.8 Å². The number of carboxylic acids is 1. The van der Waals surface area contributed by atoms with Crippen molar-refractivity contribution in [2.75, 3.05) is 5.75 Å². The van der Waals surface area contributed by atoms with Gasteiger partial charge in [0, 0.05) is 36.0 Å². The average molecular weight is 647 g/mol. The first-order chi connectivity index (χ1) is 23.0. The van der Waals surface area contributed by atoms with E-state index in [-0.39, 0.29) is 30.3 Å². The van der Waals surface area contributed by atoms with Crippen LogP contribution in [0.25, 0.3) is 11.1 Å². The number of thioether (sulfide) groups is 1. The van der Waals surface area contributed by atoms with Gasteiger partial charge in [0.25, 0.3) is 5.91 Å². The molecular formula is C38H34N2O6S. The number of hydrogen-bond donors (Lipinski definition) is 3. The summed E-state index contributed by atoms with van der Waals surface area (Å²) in [6.45, 7) is 0.353. The zero-order valence-electron chi connectivity index (χ0n) is 25.5. The van der Waals surface area contributed by atoms with Crippen molar-refractivity contribution in [1.29, 1.82) is 0 Å². The second-order valence-corrected chi connectivity index (χ2v) is 12.2. The van der Waals surface area contributed by atoms with E-state index in [1.165, 1.54) is 11.8 Å². The molecule has 4 aromatic carbocycles. The molecule has 1 aliphatic heterocycles. The Morgan fingerprint density at radius 2 is 1.57 bits per heavy atom. The fraction of sp³-hybridized carbons (Fsp3) is 0.184. The Morgan fingerprint density at radius 3 is 2.34 bits per heavy atom. The van der Waals surface area contributed by atoms with Gasteiger partial charge in [-0.1, -0.05) is 78.9 Å². The lowest BCUT2D eigenvalue weighted by Crippen LogP contribution is -2.31. The van der Waals surface area contributed by atoms with Crippen LogP contribution < -0.4 is 5.32 Å². The first-order valence-corrected chi connectivity index (χ1v) is 16.3. The number of aromatic nitrogens is 1. The standard InChI is InChI=1S/C38H34N2O6S/c41-23-25-14-16-27(17-15-25)34-21-32(24-47-36-33(37(43)44)13-6-18-39-36)45-38(46-34)31-12-5-11-30(20-31)29-10-4-7-26(19-29)22-40-35(42)28-8-2-1-3-9-28/h1-20,32,34,38,41H,21-24H2,(H,40,42)(H,43,44)/t32-,34+,38+/m0/s1. The quantitative estimate of drug-likeness (QED) is 0.129. The van der Waals surface area contributed by atoms with Gasteiger partial charge >= 0.3 is 5.97 Å². The molecule has 1 aliphatic rings. The van der Waals surface area contributed by atoms with Crippen molar-refractivity contribution in [2.45, 2.75) is 43.1 Å². The second-order valence-electron chi connectivity index (χ2n) is 11.2. The molecule has 0 radical (unpaired) electrons. The van der Waals surface area contributed by atoms with E-state index < -0.39 is 12.3 Å². The molecule has 1 saturated heterocycles. The molecule has 0 saturated carbocycles. The van der Waals surface area contributed by atoms with E-state index in [4.69, 9.17) is 9.47 Å². The monoisotopic (exact) mass is 646 g/mol. The van der Waals surface area contributed by atoms with Gasteiger partial charge in [0.1, 0.15) is 5.03 Å². The number of pyridine rings is 1. The highest BCUT2D eigenvalue weighted by Crippen LogP contribution is 2.40. The summed E-state index contributed by atoms with van der Waals surface area (Å²) >= 11 is 1.35. The third-order valence-electron chi connectivity index (χ3n) is 7.93. The normalized spacial score (nSPS) is 17.6. The van der Waals surface area contributed by atoms with Gasteiger partial charge in [0.15, 0.2) is 6.29 Å². The number of carboxylic acid groups (broad SMARTS) is 1. The minimum atomic E-state index is -1.02. The highest BCUT2D eigenvalue weighted by Gasteiger charge is 2.33. The molecule has 6 rings (SSSR count). The molecule has 9 heteroatoms. The van der Waals surface area contributed by atoms with Crippen LogP contribution >= 0.6 is 11.8 Å². The third kappa shape index (κ3) is 8.14. The Bertz CT molecular complexity index is 1830. The van der Waals surface area contributed by atoms with Crippen molar-refractivity contribution in [2.24, 2.45) is 0 Å². The van der Waals surface area contributed by atoms with Crippen molar-refractivity contribution < 1.29 is 29.3 Å². The van der Waals surface area contributed by atoms with E-state index in [1.54, 1.807) is 30.5 Å². The lowest BCUT2D eigenvalue weighted by atomic mass is 9.99.